The first-order chi connectivity index (χ1) is 14.6. The summed E-state index contributed by atoms with van der Waals surface area (Å²) in [5.41, 5.74) is 5.10. The smallest absolute Gasteiger partial charge is 0.174 e. The van der Waals surface area contributed by atoms with Crippen molar-refractivity contribution in [2.75, 3.05) is 30.4 Å². The predicted molar refractivity (Wildman–Crippen MR) is 132 cm³/mol. The van der Waals surface area contributed by atoms with E-state index in [2.05, 4.69) is 54.1 Å². The van der Waals surface area contributed by atoms with Crippen molar-refractivity contribution >= 4 is 28.7 Å². The molecule has 4 nitrogen and oxygen atoms in total. The number of thiocarbonyl (C=S) groups is 1. The molecular formula is C25H35N3OS. The van der Waals surface area contributed by atoms with E-state index in [0.717, 1.165) is 42.5 Å². The van der Waals surface area contributed by atoms with Gasteiger partial charge >= 0.3 is 0 Å². The molecule has 0 saturated heterocycles. The number of anilines is 2. The van der Waals surface area contributed by atoms with Crippen LogP contribution in [0.1, 0.15) is 51.2 Å². The van der Waals surface area contributed by atoms with Crippen LogP contribution in [0.5, 0.6) is 5.75 Å². The molecule has 0 amide bonds. The number of aryl methyl sites for hydroxylation is 1. The number of rotatable bonds is 8. The van der Waals surface area contributed by atoms with Crippen molar-refractivity contribution in [3.8, 4) is 5.75 Å². The maximum Gasteiger partial charge on any atom is 0.174 e. The van der Waals surface area contributed by atoms with Gasteiger partial charge in [-0.25, -0.2) is 0 Å². The van der Waals surface area contributed by atoms with Crippen molar-refractivity contribution in [3.63, 3.8) is 0 Å². The van der Waals surface area contributed by atoms with Gasteiger partial charge in [0.1, 0.15) is 5.75 Å². The zero-order chi connectivity index (χ0) is 21.5. The van der Waals surface area contributed by atoms with E-state index in [4.69, 9.17) is 17.0 Å². The molecule has 162 valence electrons. The van der Waals surface area contributed by atoms with Crippen molar-refractivity contribution < 1.29 is 4.74 Å². The summed E-state index contributed by atoms with van der Waals surface area (Å²) in [7, 11) is 1.69. The van der Waals surface area contributed by atoms with Gasteiger partial charge in [-0.2, -0.15) is 0 Å². The van der Waals surface area contributed by atoms with Gasteiger partial charge < -0.3 is 19.9 Å². The molecule has 5 heteroatoms. The van der Waals surface area contributed by atoms with Gasteiger partial charge in [0.25, 0.3) is 0 Å². The van der Waals surface area contributed by atoms with Gasteiger partial charge in [-0.15, -0.1) is 0 Å². The number of fused-ring (bicyclic) bond motifs is 1. The van der Waals surface area contributed by atoms with Crippen LogP contribution in [0.25, 0.3) is 0 Å². The van der Waals surface area contributed by atoms with Crippen LogP contribution in [0.2, 0.25) is 0 Å². The summed E-state index contributed by atoms with van der Waals surface area (Å²) < 4.78 is 5.48. The Morgan fingerprint density at radius 1 is 1.23 bits per heavy atom. The highest BCUT2D eigenvalue weighted by atomic mass is 32.1. The number of methoxy groups -OCH3 is 1. The average molecular weight is 426 g/mol. The minimum absolute atomic E-state index is 0.340. The molecular weight excluding hydrogens is 390 g/mol. The van der Waals surface area contributed by atoms with Crippen LogP contribution in [-0.2, 0) is 13.0 Å². The van der Waals surface area contributed by atoms with Crippen LogP contribution in [0.4, 0.5) is 11.4 Å². The molecule has 3 rings (SSSR count). The van der Waals surface area contributed by atoms with Crippen LogP contribution in [-0.4, -0.2) is 36.3 Å². The standard InChI is InChI=1S/C25H35N3OS/c1-5-15-27-16-9-10-21-17-20(13-14-23(21)27)18-28(19(3)6-2)25(30)26-22-11-7-8-12-24(22)29-4/h7-8,11-14,17,19H,5-6,9-10,15-16,18H2,1-4H3,(H,26,30)/t19-/m1/s1. The fourth-order valence-electron chi connectivity index (χ4n) is 4.11. The Morgan fingerprint density at radius 3 is 2.77 bits per heavy atom. The van der Waals surface area contributed by atoms with Crippen LogP contribution in [0.3, 0.4) is 0 Å². The first kappa shape index (κ1) is 22.4. The van der Waals surface area contributed by atoms with Crippen molar-refractivity contribution in [3.05, 3.63) is 53.6 Å². The molecule has 0 spiro atoms. The fraction of sp³-hybridized carbons (Fsp3) is 0.480. The third kappa shape index (κ3) is 5.25. The third-order valence-corrected chi connectivity index (χ3v) is 6.27. The minimum atomic E-state index is 0.340. The highest BCUT2D eigenvalue weighted by molar-refractivity contribution is 7.80. The molecule has 0 unspecified atom stereocenters. The third-order valence-electron chi connectivity index (χ3n) is 5.94. The lowest BCUT2D eigenvalue weighted by molar-refractivity contribution is 0.319. The van der Waals surface area contributed by atoms with Crippen molar-refractivity contribution in [1.82, 2.24) is 4.90 Å². The molecule has 2 aromatic rings. The quantitative estimate of drug-likeness (QED) is 0.535. The highest BCUT2D eigenvalue weighted by Crippen LogP contribution is 2.29. The van der Waals surface area contributed by atoms with Crippen LogP contribution in [0.15, 0.2) is 42.5 Å². The number of nitrogens with zero attached hydrogens (tertiary/aromatic N) is 2. The molecule has 0 bridgehead atoms. The molecule has 0 aliphatic carbocycles. The number of nitrogens with one attached hydrogen (secondary N) is 1. The Balaban J connectivity index is 1.79. The Hall–Kier alpha value is -2.27. The molecule has 1 N–H and O–H groups in total. The minimum Gasteiger partial charge on any atom is -0.495 e. The number of benzene rings is 2. The lowest BCUT2D eigenvalue weighted by Crippen LogP contribution is -2.40. The average Bonchev–Trinajstić information content (AvgIpc) is 2.77. The van der Waals surface area contributed by atoms with Crippen molar-refractivity contribution in [1.29, 1.82) is 0 Å². The first-order valence-corrected chi connectivity index (χ1v) is 11.6. The van der Waals surface area contributed by atoms with E-state index in [1.54, 1.807) is 7.11 Å². The zero-order valence-corrected chi connectivity index (χ0v) is 19.6. The van der Waals surface area contributed by atoms with Crippen LogP contribution < -0.4 is 15.0 Å². The van der Waals surface area contributed by atoms with Gasteiger partial charge in [0.05, 0.1) is 12.8 Å². The Kier molecular flexibility index (Phi) is 7.97. The van der Waals surface area contributed by atoms with Gasteiger partial charge in [0, 0.05) is 31.4 Å². The fourth-order valence-corrected chi connectivity index (χ4v) is 4.46. The molecule has 0 aromatic heterocycles. The molecule has 0 saturated carbocycles. The van der Waals surface area contributed by atoms with E-state index in [-0.39, 0.29) is 0 Å². The summed E-state index contributed by atoms with van der Waals surface area (Å²) in [5.74, 6) is 0.800. The molecule has 1 aliphatic rings. The van der Waals surface area contributed by atoms with Crippen LogP contribution in [0, 0.1) is 0 Å². The molecule has 1 atom stereocenters. The number of hydrogen-bond acceptors (Lipinski definition) is 3. The lowest BCUT2D eigenvalue weighted by atomic mass is 9.98. The normalized spacial score (nSPS) is 14.1. The summed E-state index contributed by atoms with van der Waals surface area (Å²) in [6.45, 7) is 9.81. The molecule has 0 fully saturated rings. The Morgan fingerprint density at radius 2 is 2.03 bits per heavy atom. The predicted octanol–water partition coefficient (Wildman–Crippen LogP) is 5.86. The van der Waals surface area contributed by atoms with Gasteiger partial charge in [-0.1, -0.05) is 38.1 Å². The summed E-state index contributed by atoms with van der Waals surface area (Å²) in [6.07, 6.45) is 4.62. The number of hydrogen-bond donors (Lipinski definition) is 1. The van der Waals surface area contributed by atoms with Crippen LogP contribution >= 0.6 is 12.2 Å². The maximum atomic E-state index is 5.83. The largest absolute Gasteiger partial charge is 0.495 e. The maximum absolute atomic E-state index is 5.83. The molecule has 2 aromatic carbocycles. The van der Waals surface area contributed by atoms with E-state index in [1.165, 1.54) is 36.2 Å². The topological polar surface area (TPSA) is 27.7 Å². The summed E-state index contributed by atoms with van der Waals surface area (Å²) in [6, 6.07) is 15.2. The molecule has 1 aliphatic heterocycles. The number of para-hydroxylation sites is 2. The zero-order valence-electron chi connectivity index (χ0n) is 18.8. The first-order valence-electron chi connectivity index (χ1n) is 11.1. The van der Waals surface area contributed by atoms with Crippen molar-refractivity contribution in [2.45, 2.75) is 59.0 Å². The Bertz CT molecular complexity index is 854. The second-order valence-electron chi connectivity index (χ2n) is 8.07. The molecule has 30 heavy (non-hydrogen) atoms. The van der Waals surface area contributed by atoms with Gasteiger partial charge in [0.15, 0.2) is 5.11 Å². The number of ether oxygens (including phenoxy) is 1. The monoisotopic (exact) mass is 425 g/mol. The second kappa shape index (κ2) is 10.7. The van der Waals surface area contributed by atoms with E-state index in [9.17, 15) is 0 Å². The summed E-state index contributed by atoms with van der Waals surface area (Å²) in [5, 5.41) is 4.14. The Labute approximate surface area is 187 Å². The van der Waals surface area contributed by atoms with E-state index >= 15 is 0 Å². The van der Waals surface area contributed by atoms with E-state index in [0.29, 0.717) is 6.04 Å². The SMILES string of the molecule is CCCN1CCCc2cc(CN(C(=S)Nc3ccccc3OC)[C@H](C)CC)ccc21. The molecule has 1 heterocycles. The second-order valence-corrected chi connectivity index (χ2v) is 8.46. The molecule has 0 radical (unpaired) electrons. The summed E-state index contributed by atoms with van der Waals surface area (Å²) >= 11 is 5.83. The van der Waals surface area contributed by atoms with E-state index in [1.807, 2.05) is 24.3 Å². The van der Waals surface area contributed by atoms with Gasteiger partial charge in [-0.05, 0) is 74.2 Å². The van der Waals surface area contributed by atoms with Gasteiger partial charge in [-0.3, -0.25) is 0 Å². The lowest BCUT2D eigenvalue weighted by Gasteiger charge is -2.34. The van der Waals surface area contributed by atoms with Crippen molar-refractivity contribution in [2.24, 2.45) is 0 Å². The highest BCUT2D eigenvalue weighted by Gasteiger charge is 2.20. The summed E-state index contributed by atoms with van der Waals surface area (Å²) in [4.78, 5) is 4.82. The van der Waals surface area contributed by atoms with Gasteiger partial charge in [0.2, 0.25) is 0 Å². The van der Waals surface area contributed by atoms with E-state index < -0.39 is 0 Å².